The highest BCUT2D eigenvalue weighted by Crippen LogP contribution is 2.33. The van der Waals surface area contributed by atoms with Crippen molar-refractivity contribution in [3.63, 3.8) is 0 Å². The van der Waals surface area contributed by atoms with Gasteiger partial charge in [-0.05, 0) is 43.9 Å². The van der Waals surface area contributed by atoms with Crippen LogP contribution in [0.15, 0.2) is 24.3 Å². The van der Waals surface area contributed by atoms with E-state index >= 15 is 0 Å². The zero-order valence-corrected chi connectivity index (χ0v) is 14.9. The van der Waals surface area contributed by atoms with Crippen LogP contribution in [0.2, 0.25) is 0 Å². The Morgan fingerprint density at radius 2 is 1.69 bits per heavy atom. The standard InChI is InChI=1S/C16H20F3NO5S/c1-15(14(20)22,8-2-3-10-25-26(23,24)11-9-21)12-4-6-13(7-5-12)16(17,18)19/h4-7,9H,2-3,8,10-11H2,1H3,(H2,20,22). The second-order valence-electron chi connectivity index (χ2n) is 5.94. The maximum Gasteiger partial charge on any atom is 0.416 e. The topological polar surface area (TPSA) is 104 Å². The molecule has 1 rings (SSSR count). The molecule has 1 unspecified atom stereocenters. The highest BCUT2D eigenvalue weighted by Gasteiger charge is 2.35. The lowest BCUT2D eigenvalue weighted by atomic mass is 9.77. The number of halogens is 3. The lowest BCUT2D eigenvalue weighted by Gasteiger charge is -2.27. The summed E-state index contributed by atoms with van der Waals surface area (Å²) in [4.78, 5) is 22.0. The quantitative estimate of drug-likeness (QED) is 0.371. The van der Waals surface area contributed by atoms with Crippen LogP contribution in [0.4, 0.5) is 13.2 Å². The van der Waals surface area contributed by atoms with E-state index in [1.807, 2.05) is 0 Å². The first kappa shape index (κ1) is 22.1. The van der Waals surface area contributed by atoms with Crippen molar-refractivity contribution in [3.05, 3.63) is 35.4 Å². The molecule has 26 heavy (non-hydrogen) atoms. The number of carbonyl (C=O) groups is 2. The molecule has 10 heteroatoms. The van der Waals surface area contributed by atoms with Crippen molar-refractivity contribution < 1.29 is 35.4 Å². The van der Waals surface area contributed by atoms with Crippen molar-refractivity contribution in [2.75, 3.05) is 12.4 Å². The summed E-state index contributed by atoms with van der Waals surface area (Å²) in [7, 11) is -3.90. The Balaban J connectivity index is 2.73. The minimum Gasteiger partial charge on any atom is -0.369 e. The molecule has 0 aromatic heterocycles. The Morgan fingerprint density at radius 3 is 2.15 bits per heavy atom. The number of alkyl halides is 3. The van der Waals surface area contributed by atoms with Crippen molar-refractivity contribution in [1.82, 2.24) is 0 Å². The average Bonchev–Trinajstić information content (AvgIpc) is 2.53. The Bertz CT molecular complexity index is 731. The highest BCUT2D eigenvalue weighted by atomic mass is 32.2. The largest absolute Gasteiger partial charge is 0.416 e. The predicted molar refractivity (Wildman–Crippen MR) is 87.6 cm³/mol. The Morgan fingerprint density at radius 1 is 1.15 bits per heavy atom. The van der Waals surface area contributed by atoms with Gasteiger partial charge in [-0.25, -0.2) is 0 Å². The van der Waals surface area contributed by atoms with Crippen molar-refractivity contribution in [2.24, 2.45) is 5.73 Å². The third kappa shape index (κ3) is 6.10. The van der Waals surface area contributed by atoms with Crippen LogP contribution in [-0.2, 0) is 35.5 Å². The second-order valence-corrected chi connectivity index (χ2v) is 7.63. The molecule has 1 amide bonds. The summed E-state index contributed by atoms with van der Waals surface area (Å²) >= 11 is 0. The number of benzene rings is 1. The van der Waals surface area contributed by atoms with Gasteiger partial charge in [0.1, 0.15) is 12.0 Å². The summed E-state index contributed by atoms with van der Waals surface area (Å²) in [5.74, 6) is -1.44. The van der Waals surface area contributed by atoms with Crippen LogP contribution in [0, 0.1) is 0 Å². The van der Waals surface area contributed by atoms with Gasteiger partial charge >= 0.3 is 6.18 Å². The third-order valence-electron chi connectivity index (χ3n) is 4.00. The van der Waals surface area contributed by atoms with Gasteiger partial charge in [-0.2, -0.15) is 21.6 Å². The van der Waals surface area contributed by atoms with Crippen molar-refractivity contribution in [1.29, 1.82) is 0 Å². The molecule has 0 bridgehead atoms. The molecule has 0 saturated heterocycles. The molecule has 0 aliphatic heterocycles. The summed E-state index contributed by atoms with van der Waals surface area (Å²) in [5.41, 5.74) is 3.73. The fraction of sp³-hybridized carbons (Fsp3) is 0.500. The Labute approximate surface area is 149 Å². The van der Waals surface area contributed by atoms with E-state index in [4.69, 9.17) is 5.73 Å². The summed E-state index contributed by atoms with van der Waals surface area (Å²) < 4.78 is 64.9. The van der Waals surface area contributed by atoms with E-state index in [2.05, 4.69) is 4.18 Å². The van der Waals surface area contributed by atoms with Crippen LogP contribution in [0.1, 0.15) is 37.3 Å². The van der Waals surface area contributed by atoms with Crippen LogP contribution in [0.25, 0.3) is 0 Å². The second kappa shape index (κ2) is 8.63. The Kier molecular flexibility index (Phi) is 7.34. The van der Waals surface area contributed by atoms with E-state index in [1.54, 1.807) is 0 Å². The third-order valence-corrected chi connectivity index (χ3v) is 5.07. The molecule has 1 aromatic rings. The van der Waals surface area contributed by atoms with Crippen molar-refractivity contribution in [2.45, 2.75) is 37.8 Å². The lowest BCUT2D eigenvalue weighted by Crippen LogP contribution is -2.38. The van der Waals surface area contributed by atoms with Crippen LogP contribution < -0.4 is 5.73 Å². The van der Waals surface area contributed by atoms with Gasteiger partial charge in [0.15, 0.2) is 0 Å². The average molecular weight is 395 g/mol. The van der Waals surface area contributed by atoms with Gasteiger partial charge in [-0.1, -0.05) is 12.1 Å². The summed E-state index contributed by atoms with van der Waals surface area (Å²) in [6.45, 7) is 1.35. The molecule has 0 aliphatic rings. The number of nitrogens with two attached hydrogens (primary N) is 1. The first-order valence-corrected chi connectivity index (χ1v) is 9.28. The monoisotopic (exact) mass is 395 g/mol. The fourth-order valence-corrected chi connectivity index (χ4v) is 2.97. The number of hydrogen-bond acceptors (Lipinski definition) is 5. The molecule has 0 spiro atoms. The van der Waals surface area contributed by atoms with Gasteiger partial charge in [0, 0.05) is 0 Å². The molecule has 0 aliphatic carbocycles. The van der Waals surface area contributed by atoms with Crippen LogP contribution in [0.5, 0.6) is 0 Å². The van der Waals surface area contributed by atoms with Crippen LogP contribution in [-0.4, -0.2) is 33.0 Å². The van der Waals surface area contributed by atoms with Crippen LogP contribution >= 0.6 is 0 Å². The number of primary amides is 1. The van der Waals surface area contributed by atoms with Gasteiger partial charge in [0.05, 0.1) is 17.6 Å². The molecule has 0 saturated carbocycles. The van der Waals surface area contributed by atoms with E-state index in [-0.39, 0.29) is 25.7 Å². The van der Waals surface area contributed by atoms with E-state index < -0.39 is 38.9 Å². The minimum atomic E-state index is -4.48. The van der Waals surface area contributed by atoms with Crippen molar-refractivity contribution >= 4 is 22.3 Å². The molecule has 0 heterocycles. The fourth-order valence-electron chi connectivity index (χ4n) is 2.33. The zero-order chi connectivity index (χ0) is 20.0. The molecule has 146 valence electrons. The molecular formula is C16H20F3NO5S. The van der Waals surface area contributed by atoms with E-state index in [0.29, 0.717) is 12.0 Å². The first-order valence-electron chi connectivity index (χ1n) is 7.71. The number of amides is 1. The summed E-state index contributed by atoms with van der Waals surface area (Å²) in [6.07, 6.45) is -3.46. The number of hydrogen-bond donors (Lipinski definition) is 1. The predicted octanol–water partition coefficient (Wildman–Crippen LogP) is 2.16. The van der Waals surface area contributed by atoms with E-state index in [1.165, 1.54) is 19.1 Å². The molecule has 1 atom stereocenters. The smallest absolute Gasteiger partial charge is 0.369 e. The summed E-state index contributed by atoms with van der Waals surface area (Å²) in [5, 5.41) is 0. The summed E-state index contributed by atoms with van der Waals surface area (Å²) in [6, 6.07) is 4.18. The van der Waals surface area contributed by atoms with Gasteiger partial charge in [0.2, 0.25) is 5.91 Å². The molecule has 2 N–H and O–H groups in total. The number of carbonyl (C=O) groups excluding carboxylic acids is 2. The maximum absolute atomic E-state index is 12.6. The van der Waals surface area contributed by atoms with Gasteiger partial charge in [-0.15, -0.1) is 0 Å². The first-order chi connectivity index (χ1) is 11.9. The van der Waals surface area contributed by atoms with E-state index in [0.717, 1.165) is 12.1 Å². The number of unbranched alkanes of at least 4 members (excludes halogenated alkanes) is 1. The number of rotatable bonds is 10. The highest BCUT2D eigenvalue weighted by molar-refractivity contribution is 7.87. The maximum atomic E-state index is 12.6. The molecule has 1 aromatic carbocycles. The SMILES string of the molecule is CC(CCCCOS(=O)(=O)CC=O)(C(N)=O)c1ccc(C(F)(F)F)cc1. The zero-order valence-electron chi connectivity index (χ0n) is 14.1. The van der Waals surface area contributed by atoms with E-state index in [9.17, 15) is 31.2 Å². The normalized spacial score (nSPS) is 14.6. The number of aldehydes is 1. The molecule has 0 fully saturated rings. The van der Waals surface area contributed by atoms with Crippen molar-refractivity contribution in [3.8, 4) is 0 Å². The minimum absolute atomic E-state index is 0.169. The van der Waals surface area contributed by atoms with Gasteiger partial charge in [0.25, 0.3) is 10.1 Å². The molecule has 6 nitrogen and oxygen atoms in total. The Hall–Kier alpha value is -1.94. The van der Waals surface area contributed by atoms with Crippen LogP contribution in [0.3, 0.4) is 0 Å². The molecule has 0 radical (unpaired) electrons. The lowest BCUT2D eigenvalue weighted by molar-refractivity contribution is -0.137. The van der Waals surface area contributed by atoms with Gasteiger partial charge < -0.3 is 10.5 Å². The van der Waals surface area contributed by atoms with Gasteiger partial charge in [-0.3, -0.25) is 8.98 Å². The molecular weight excluding hydrogens is 375 g/mol.